The summed E-state index contributed by atoms with van der Waals surface area (Å²) in [5.74, 6) is 0.198. The molecule has 1 N–H and O–H groups in total. The number of hydrogen-bond donors (Lipinski definition) is 1. The van der Waals surface area contributed by atoms with Crippen LogP contribution in [-0.2, 0) is 38.5 Å². The van der Waals surface area contributed by atoms with Gasteiger partial charge in [0.05, 0.1) is 26.4 Å². The van der Waals surface area contributed by atoms with Gasteiger partial charge < -0.3 is 38.3 Å². The first-order valence-corrected chi connectivity index (χ1v) is 19.7. The van der Waals surface area contributed by atoms with E-state index in [9.17, 15) is 23.5 Å². The second kappa shape index (κ2) is 24.5. The predicted octanol–water partition coefficient (Wildman–Crippen LogP) is 11.1. The number of rotatable bonds is 21. The van der Waals surface area contributed by atoms with Crippen molar-refractivity contribution < 1.29 is 56.6 Å². The van der Waals surface area contributed by atoms with Crippen LogP contribution < -0.4 is 23.7 Å². The molecule has 0 amide bonds. The van der Waals surface area contributed by atoms with E-state index in [-0.39, 0.29) is 61.0 Å². The van der Waals surface area contributed by atoms with Gasteiger partial charge in [-0.2, -0.15) is 0 Å². The fraction of sp³-hybridized carbons (Fsp3) is 0.319. The number of halogens is 2. The van der Waals surface area contributed by atoms with E-state index in [1.807, 2.05) is 55.5 Å². The SMILES string of the molecule is CCOC(=O)CCCOc1ccc(Oc2ccc(CC)cc2O)c(F)c1.CCOC(=O)CCCOc1ccc(Oc2ccc(CC)cc2OCc2ccccc2)c(F)c1. The van der Waals surface area contributed by atoms with E-state index in [1.165, 1.54) is 24.3 Å². The fourth-order valence-electron chi connectivity index (χ4n) is 5.40. The standard InChI is InChI=1S/C27H29FO5.C20H23FO5/c1-3-20-12-14-25(26(17-20)32-19-21-9-6-5-7-10-21)33-24-15-13-22(18-23(24)28)31-16-8-11-27(29)30-4-2;1-3-14-7-9-19(17(22)12-14)26-18-10-8-15(13-16(18)21)25-11-5-6-20(23)24-4-2/h5-7,9-10,12-15,17-18H,3-4,8,11,16,19H2,1-2H3;7-10,12-13,22H,3-6,11H2,1-2H3. The predicted molar refractivity (Wildman–Crippen MR) is 220 cm³/mol. The first-order valence-electron chi connectivity index (χ1n) is 19.7. The van der Waals surface area contributed by atoms with Crippen molar-refractivity contribution in [3.63, 3.8) is 0 Å². The lowest BCUT2D eigenvalue weighted by Crippen LogP contribution is -2.06. The number of ether oxygens (including phenoxy) is 7. The Bertz CT molecular complexity index is 2070. The molecular formula is C47H52F2O10. The van der Waals surface area contributed by atoms with E-state index in [2.05, 4.69) is 6.92 Å². The van der Waals surface area contributed by atoms with Crippen LogP contribution in [0.1, 0.15) is 70.1 Å². The zero-order valence-electron chi connectivity index (χ0n) is 34.0. The third kappa shape index (κ3) is 15.5. The quantitative estimate of drug-likeness (QED) is 0.0566. The molecule has 0 aliphatic heterocycles. The molecule has 0 radical (unpaired) electrons. The molecule has 0 fully saturated rings. The third-order valence-corrected chi connectivity index (χ3v) is 8.53. The number of hydrogen-bond acceptors (Lipinski definition) is 10. The summed E-state index contributed by atoms with van der Waals surface area (Å²) in [6, 6.07) is 29.1. The minimum absolute atomic E-state index is 0.0107. The van der Waals surface area contributed by atoms with Crippen molar-refractivity contribution in [3.8, 4) is 46.0 Å². The van der Waals surface area contributed by atoms with Gasteiger partial charge in [-0.05, 0) is 105 Å². The monoisotopic (exact) mass is 814 g/mol. The van der Waals surface area contributed by atoms with Crippen LogP contribution in [0.15, 0.2) is 103 Å². The van der Waals surface area contributed by atoms with Crippen molar-refractivity contribution in [2.45, 2.75) is 72.8 Å². The molecule has 12 heteroatoms. The van der Waals surface area contributed by atoms with Crippen LogP contribution in [0.25, 0.3) is 0 Å². The van der Waals surface area contributed by atoms with Gasteiger partial charge >= 0.3 is 11.9 Å². The third-order valence-electron chi connectivity index (χ3n) is 8.53. The Morgan fingerprint density at radius 1 is 0.525 bits per heavy atom. The highest BCUT2D eigenvalue weighted by molar-refractivity contribution is 5.69. The van der Waals surface area contributed by atoms with Gasteiger partial charge in [0.25, 0.3) is 0 Å². The summed E-state index contributed by atoms with van der Waals surface area (Å²) in [7, 11) is 0. The van der Waals surface area contributed by atoms with Crippen LogP contribution in [0.3, 0.4) is 0 Å². The summed E-state index contributed by atoms with van der Waals surface area (Å²) in [6.07, 6.45) is 3.12. The molecule has 5 rings (SSSR count). The lowest BCUT2D eigenvalue weighted by Gasteiger charge is -2.15. The van der Waals surface area contributed by atoms with Gasteiger partial charge in [0, 0.05) is 25.0 Å². The van der Waals surface area contributed by atoms with E-state index in [0.717, 1.165) is 29.5 Å². The fourth-order valence-corrected chi connectivity index (χ4v) is 5.40. The average molecular weight is 815 g/mol. The number of phenolic OH excluding ortho intramolecular Hbond substituents is 1. The summed E-state index contributed by atoms with van der Waals surface area (Å²) < 4.78 is 66.8. The van der Waals surface area contributed by atoms with Crippen LogP contribution in [0.5, 0.6) is 46.0 Å². The Morgan fingerprint density at radius 3 is 1.51 bits per heavy atom. The van der Waals surface area contributed by atoms with Crippen molar-refractivity contribution in [2.75, 3.05) is 26.4 Å². The van der Waals surface area contributed by atoms with Gasteiger partial charge in [-0.3, -0.25) is 9.59 Å². The maximum atomic E-state index is 14.7. The lowest BCUT2D eigenvalue weighted by molar-refractivity contribution is -0.144. The van der Waals surface area contributed by atoms with Crippen LogP contribution in [0.2, 0.25) is 0 Å². The first-order chi connectivity index (χ1) is 28.6. The molecule has 10 nitrogen and oxygen atoms in total. The number of carbonyl (C=O) groups excluding carboxylic acids is 2. The van der Waals surface area contributed by atoms with Gasteiger partial charge in [0.15, 0.2) is 46.1 Å². The van der Waals surface area contributed by atoms with Crippen molar-refractivity contribution in [1.29, 1.82) is 0 Å². The number of aryl methyl sites for hydroxylation is 2. The van der Waals surface area contributed by atoms with Crippen molar-refractivity contribution in [2.24, 2.45) is 0 Å². The highest BCUT2D eigenvalue weighted by atomic mass is 19.1. The second-order valence-corrected chi connectivity index (χ2v) is 13.0. The van der Waals surface area contributed by atoms with Gasteiger partial charge in [-0.25, -0.2) is 8.78 Å². The van der Waals surface area contributed by atoms with E-state index in [4.69, 9.17) is 33.2 Å². The largest absolute Gasteiger partial charge is 0.504 e. The molecule has 0 heterocycles. The summed E-state index contributed by atoms with van der Waals surface area (Å²) in [4.78, 5) is 22.6. The van der Waals surface area contributed by atoms with Gasteiger partial charge in [-0.1, -0.05) is 56.3 Å². The maximum absolute atomic E-state index is 14.7. The van der Waals surface area contributed by atoms with Gasteiger partial charge in [0.2, 0.25) is 0 Å². The van der Waals surface area contributed by atoms with Crippen molar-refractivity contribution in [1.82, 2.24) is 0 Å². The topological polar surface area (TPSA) is 119 Å². The Kier molecular flexibility index (Phi) is 18.8. The summed E-state index contributed by atoms with van der Waals surface area (Å²) in [5, 5.41) is 9.95. The summed E-state index contributed by atoms with van der Waals surface area (Å²) >= 11 is 0. The zero-order valence-corrected chi connectivity index (χ0v) is 34.0. The highest BCUT2D eigenvalue weighted by Gasteiger charge is 2.14. The molecule has 0 aliphatic carbocycles. The number of benzene rings is 5. The Hall–Kier alpha value is -6.30. The molecule has 0 atom stereocenters. The Morgan fingerprint density at radius 2 is 1.02 bits per heavy atom. The Labute approximate surface area is 344 Å². The molecule has 59 heavy (non-hydrogen) atoms. The van der Waals surface area contributed by atoms with Crippen LogP contribution in [0.4, 0.5) is 8.78 Å². The molecule has 0 saturated carbocycles. The highest BCUT2D eigenvalue weighted by Crippen LogP contribution is 2.36. The molecular weight excluding hydrogens is 763 g/mol. The minimum atomic E-state index is -0.605. The molecule has 0 aliphatic rings. The summed E-state index contributed by atoms with van der Waals surface area (Å²) in [5.41, 5.74) is 3.08. The summed E-state index contributed by atoms with van der Waals surface area (Å²) in [6.45, 7) is 9.19. The van der Waals surface area contributed by atoms with Gasteiger partial charge in [-0.15, -0.1) is 0 Å². The average Bonchev–Trinajstić information content (AvgIpc) is 3.24. The number of carbonyl (C=O) groups is 2. The molecule has 5 aromatic carbocycles. The van der Waals surface area contributed by atoms with Crippen molar-refractivity contribution in [3.05, 3.63) is 131 Å². The zero-order chi connectivity index (χ0) is 42.4. The maximum Gasteiger partial charge on any atom is 0.305 e. The molecule has 5 aromatic rings. The second-order valence-electron chi connectivity index (χ2n) is 13.0. The first kappa shape index (κ1) is 45.4. The van der Waals surface area contributed by atoms with E-state index in [1.54, 1.807) is 44.2 Å². The van der Waals surface area contributed by atoms with E-state index < -0.39 is 11.6 Å². The number of phenols is 1. The number of aromatic hydroxyl groups is 1. The molecule has 0 spiro atoms. The molecule has 0 aromatic heterocycles. The van der Waals surface area contributed by atoms with E-state index >= 15 is 0 Å². The molecule has 0 unspecified atom stereocenters. The van der Waals surface area contributed by atoms with Crippen molar-refractivity contribution >= 4 is 11.9 Å². The van der Waals surface area contributed by atoms with Crippen LogP contribution in [-0.4, -0.2) is 43.5 Å². The molecule has 314 valence electrons. The molecule has 0 saturated heterocycles. The minimum Gasteiger partial charge on any atom is -0.504 e. The van der Waals surface area contributed by atoms with E-state index in [0.29, 0.717) is 55.7 Å². The van der Waals surface area contributed by atoms with Crippen LogP contribution >= 0.6 is 0 Å². The normalized spacial score (nSPS) is 10.5. The van der Waals surface area contributed by atoms with Crippen LogP contribution in [0, 0.1) is 11.6 Å². The Balaban J connectivity index is 0.000000268. The number of esters is 2. The van der Waals surface area contributed by atoms with Gasteiger partial charge in [0.1, 0.15) is 18.1 Å². The lowest BCUT2D eigenvalue weighted by atomic mass is 10.1. The smallest absolute Gasteiger partial charge is 0.305 e. The molecule has 0 bridgehead atoms.